The van der Waals surface area contributed by atoms with Gasteiger partial charge in [0.15, 0.2) is 0 Å². The monoisotopic (exact) mass is 275 g/mol. The third kappa shape index (κ3) is 3.61. The van der Waals surface area contributed by atoms with Crippen LogP contribution < -0.4 is 4.74 Å². The Bertz CT molecular complexity index is 455. The van der Waals surface area contributed by atoms with E-state index in [9.17, 15) is 9.90 Å². The Labute approximate surface area is 119 Å². The van der Waals surface area contributed by atoms with E-state index in [1.807, 2.05) is 4.90 Å². The van der Waals surface area contributed by atoms with E-state index < -0.39 is 0 Å². The first-order valence-corrected chi connectivity index (χ1v) is 6.98. The van der Waals surface area contributed by atoms with Crippen LogP contribution in [0.4, 0.5) is 0 Å². The summed E-state index contributed by atoms with van der Waals surface area (Å²) < 4.78 is 5.39. The van der Waals surface area contributed by atoms with Gasteiger partial charge < -0.3 is 14.7 Å². The molecule has 2 rings (SSSR count). The van der Waals surface area contributed by atoms with Crippen molar-refractivity contribution in [2.24, 2.45) is 5.92 Å². The minimum absolute atomic E-state index is 0.0263. The van der Waals surface area contributed by atoms with Gasteiger partial charge >= 0.3 is 0 Å². The van der Waals surface area contributed by atoms with Crippen LogP contribution in [0.5, 0.6) is 5.75 Å². The molecule has 1 unspecified atom stereocenters. The summed E-state index contributed by atoms with van der Waals surface area (Å²) >= 11 is 0. The average Bonchev–Trinajstić information content (AvgIpc) is 2.52. The average molecular weight is 275 g/mol. The van der Waals surface area contributed by atoms with Crippen molar-refractivity contribution in [2.75, 3.05) is 26.3 Å². The third-order valence-corrected chi connectivity index (χ3v) is 3.53. The molecule has 1 heterocycles. The van der Waals surface area contributed by atoms with Crippen molar-refractivity contribution in [3.8, 4) is 5.75 Å². The molecule has 1 saturated heterocycles. The van der Waals surface area contributed by atoms with E-state index in [2.05, 4.69) is 6.58 Å². The standard InChI is InChI=1S/C16H21NO3/c1-2-10-20-15-7-5-14(6-8-15)16(19)17-9-3-4-13(11-17)12-18/h2,5-8,13,18H,1,3-4,9-12H2. The Hall–Kier alpha value is -1.81. The number of benzene rings is 1. The summed E-state index contributed by atoms with van der Waals surface area (Å²) in [6.07, 6.45) is 3.63. The number of nitrogens with zero attached hydrogens (tertiary/aromatic N) is 1. The summed E-state index contributed by atoms with van der Waals surface area (Å²) in [6.45, 7) is 5.61. The van der Waals surface area contributed by atoms with Crippen molar-refractivity contribution >= 4 is 5.91 Å². The molecule has 4 nitrogen and oxygen atoms in total. The van der Waals surface area contributed by atoms with Crippen molar-refractivity contribution in [3.05, 3.63) is 42.5 Å². The largest absolute Gasteiger partial charge is 0.490 e. The lowest BCUT2D eigenvalue weighted by molar-refractivity contribution is 0.0620. The summed E-state index contributed by atoms with van der Waals surface area (Å²) in [5.41, 5.74) is 0.662. The second-order valence-electron chi connectivity index (χ2n) is 5.07. The molecule has 0 radical (unpaired) electrons. The fraction of sp³-hybridized carbons (Fsp3) is 0.438. The molecule has 1 aliphatic heterocycles. The van der Waals surface area contributed by atoms with Gasteiger partial charge in [-0.05, 0) is 43.0 Å². The van der Waals surface area contributed by atoms with E-state index in [1.54, 1.807) is 30.3 Å². The quantitative estimate of drug-likeness (QED) is 0.837. The van der Waals surface area contributed by atoms with Crippen LogP contribution in [0.15, 0.2) is 36.9 Å². The number of aliphatic hydroxyl groups excluding tert-OH is 1. The third-order valence-electron chi connectivity index (χ3n) is 3.53. The number of piperidine rings is 1. The molecule has 0 spiro atoms. The van der Waals surface area contributed by atoms with Crippen molar-refractivity contribution in [1.82, 2.24) is 4.90 Å². The number of carbonyl (C=O) groups is 1. The van der Waals surface area contributed by atoms with E-state index in [0.29, 0.717) is 18.7 Å². The zero-order valence-corrected chi connectivity index (χ0v) is 11.6. The molecule has 20 heavy (non-hydrogen) atoms. The fourth-order valence-corrected chi connectivity index (χ4v) is 2.43. The van der Waals surface area contributed by atoms with Gasteiger partial charge in [0.2, 0.25) is 0 Å². The lowest BCUT2D eigenvalue weighted by Gasteiger charge is -2.31. The molecule has 1 fully saturated rings. The number of amides is 1. The minimum Gasteiger partial charge on any atom is -0.490 e. The van der Waals surface area contributed by atoms with E-state index in [1.165, 1.54) is 0 Å². The Morgan fingerprint density at radius 3 is 2.85 bits per heavy atom. The number of ether oxygens (including phenoxy) is 1. The molecule has 0 bridgehead atoms. The van der Waals surface area contributed by atoms with Gasteiger partial charge in [0.25, 0.3) is 5.91 Å². The highest BCUT2D eigenvalue weighted by molar-refractivity contribution is 5.94. The highest BCUT2D eigenvalue weighted by atomic mass is 16.5. The summed E-state index contributed by atoms with van der Waals surface area (Å²) in [5.74, 6) is 0.967. The molecule has 1 aromatic rings. The maximum absolute atomic E-state index is 12.4. The number of aliphatic hydroxyl groups is 1. The van der Waals surface area contributed by atoms with Crippen LogP contribution in [-0.4, -0.2) is 42.2 Å². The van der Waals surface area contributed by atoms with Crippen LogP contribution in [0.1, 0.15) is 23.2 Å². The highest BCUT2D eigenvalue weighted by Crippen LogP contribution is 2.19. The van der Waals surface area contributed by atoms with Crippen LogP contribution in [0.2, 0.25) is 0 Å². The van der Waals surface area contributed by atoms with Gasteiger partial charge in [-0.25, -0.2) is 0 Å². The van der Waals surface area contributed by atoms with Crippen molar-refractivity contribution < 1.29 is 14.6 Å². The van der Waals surface area contributed by atoms with Crippen LogP contribution in [0.3, 0.4) is 0 Å². The molecule has 1 atom stereocenters. The second-order valence-corrected chi connectivity index (χ2v) is 5.07. The Morgan fingerprint density at radius 2 is 2.20 bits per heavy atom. The number of carbonyl (C=O) groups excluding carboxylic acids is 1. The number of hydrogen-bond donors (Lipinski definition) is 1. The first-order valence-electron chi connectivity index (χ1n) is 6.98. The van der Waals surface area contributed by atoms with Gasteiger partial charge in [0.1, 0.15) is 12.4 Å². The fourth-order valence-electron chi connectivity index (χ4n) is 2.43. The minimum atomic E-state index is 0.0263. The zero-order valence-electron chi connectivity index (χ0n) is 11.6. The predicted octanol–water partition coefficient (Wildman–Crippen LogP) is 2.10. The van der Waals surface area contributed by atoms with Crippen LogP contribution in [-0.2, 0) is 0 Å². The van der Waals surface area contributed by atoms with Crippen LogP contribution in [0, 0.1) is 5.92 Å². The molecule has 0 aliphatic carbocycles. The van der Waals surface area contributed by atoms with Crippen LogP contribution >= 0.6 is 0 Å². The van der Waals surface area contributed by atoms with E-state index in [0.717, 1.165) is 25.1 Å². The van der Waals surface area contributed by atoms with E-state index in [4.69, 9.17) is 4.74 Å². The van der Waals surface area contributed by atoms with Crippen molar-refractivity contribution in [1.29, 1.82) is 0 Å². The molecule has 4 heteroatoms. The highest BCUT2D eigenvalue weighted by Gasteiger charge is 2.23. The summed E-state index contributed by atoms with van der Waals surface area (Å²) in [6, 6.07) is 7.15. The number of likely N-dealkylation sites (tertiary alicyclic amines) is 1. The molecule has 108 valence electrons. The first kappa shape index (κ1) is 14.6. The predicted molar refractivity (Wildman–Crippen MR) is 77.8 cm³/mol. The Morgan fingerprint density at radius 1 is 1.45 bits per heavy atom. The molecule has 0 aromatic heterocycles. The van der Waals surface area contributed by atoms with Gasteiger partial charge in [-0.2, -0.15) is 0 Å². The molecule has 1 aliphatic rings. The van der Waals surface area contributed by atoms with Gasteiger partial charge in [0.05, 0.1) is 0 Å². The van der Waals surface area contributed by atoms with Gasteiger partial charge in [-0.1, -0.05) is 12.7 Å². The molecule has 1 N–H and O–H groups in total. The molecule has 1 amide bonds. The maximum atomic E-state index is 12.4. The van der Waals surface area contributed by atoms with E-state index >= 15 is 0 Å². The summed E-state index contributed by atoms with van der Waals surface area (Å²) in [4.78, 5) is 14.2. The SMILES string of the molecule is C=CCOc1ccc(C(=O)N2CCCC(CO)C2)cc1. The normalized spacial score (nSPS) is 18.6. The molecular formula is C16H21NO3. The van der Waals surface area contributed by atoms with Crippen molar-refractivity contribution in [2.45, 2.75) is 12.8 Å². The topological polar surface area (TPSA) is 49.8 Å². The smallest absolute Gasteiger partial charge is 0.253 e. The molecule has 0 saturated carbocycles. The zero-order chi connectivity index (χ0) is 14.4. The summed E-state index contributed by atoms with van der Waals surface area (Å²) in [5, 5.41) is 9.22. The lowest BCUT2D eigenvalue weighted by atomic mass is 9.98. The van der Waals surface area contributed by atoms with Gasteiger partial charge in [0, 0.05) is 25.3 Å². The Balaban J connectivity index is 1.99. The molecule has 1 aromatic carbocycles. The number of hydrogen-bond acceptors (Lipinski definition) is 3. The van der Waals surface area contributed by atoms with Gasteiger partial charge in [-0.15, -0.1) is 0 Å². The van der Waals surface area contributed by atoms with Gasteiger partial charge in [-0.3, -0.25) is 4.79 Å². The Kier molecular flexibility index (Phi) is 5.18. The van der Waals surface area contributed by atoms with E-state index in [-0.39, 0.29) is 18.4 Å². The lowest BCUT2D eigenvalue weighted by Crippen LogP contribution is -2.40. The first-order chi connectivity index (χ1) is 9.74. The van der Waals surface area contributed by atoms with Crippen LogP contribution in [0.25, 0.3) is 0 Å². The number of rotatable bonds is 5. The van der Waals surface area contributed by atoms with Crippen molar-refractivity contribution in [3.63, 3.8) is 0 Å². The second kappa shape index (κ2) is 7.10. The maximum Gasteiger partial charge on any atom is 0.253 e. The molecular weight excluding hydrogens is 254 g/mol. The summed E-state index contributed by atoms with van der Waals surface area (Å²) in [7, 11) is 0.